The number of rotatable bonds is 1. The van der Waals surface area contributed by atoms with Crippen LogP contribution < -0.4 is 5.32 Å². The van der Waals surface area contributed by atoms with E-state index in [-0.39, 0.29) is 11.3 Å². The second-order valence-electron chi connectivity index (χ2n) is 9.11. The number of hydrogen-bond donors (Lipinski definition) is 1. The quantitative estimate of drug-likeness (QED) is 0.769. The highest BCUT2D eigenvalue weighted by Crippen LogP contribution is 2.40. The number of aromatic nitrogens is 2. The molecule has 0 saturated carbocycles. The van der Waals surface area contributed by atoms with Crippen molar-refractivity contribution in [3.63, 3.8) is 0 Å². The molecule has 1 saturated heterocycles. The topological polar surface area (TPSA) is 77.0 Å². The fraction of sp³-hybridized carbons (Fsp3) is 0.391. The number of anilines is 2. The van der Waals surface area contributed by atoms with Crippen LogP contribution in [0.25, 0.3) is 11.3 Å². The predicted molar refractivity (Wildman–Crippen MR) is 121 cm³/mol. The van der Waals surface area contributed by atoms with Crippen LogP contribution in [-0.4, -0.2) is 69.9 Å². The molecule has 1 fully saturated rings. The van der Waals surface area contributed by atoms with Crippen LogP contribution in [0, 0.1) is 5.41 Å². The Bertz CT molecular complexity index is 1080. The van der Waals surface area contributed by atoms with Gasteiger partial charge < -0.3 is 10.2 Å². The first-order valence-corrected chi connectivity index (χ1v) is 10.7. The van der Waals surface area contributed by atoms with Gasteiger partial charge in [-0.25, -0.2) is 15.0 Å². The van der Waals surface area contributed by atoms with Gasteiger partial charge in [0.15, 0.2) is 0 Å². The van der Waals surface area contributed by atoms with Gasteiger partial charge in [-0.05, 0) is 18.2 Å². The van der Waals surface area contributed by atoms with E-state index >= 15 is 0 Å². The van der Waals surface area contributed by atoms with E-state index in [2.05, 4.69) is 25.3 Å². The number of aliphatic imine (C=N–C) groups is 1. The van der Waals surface area contributed by atoms with E-state index in [0.29, 0.717) is 6.54 Å². The van der Waals surface area contributed by atoms with Crippen LogP contribution in [0.3, 0.4) is 0 Å². The van der Waals surface area contributed by atoms with E-state index in [1.54, 1.807) is 6.20 Å². The minimum Gasteiger partial charge on any atom is -0.340 e. The molecule has 2 aromatic rings. The van der Waals surface area contributed by atoms with Crippen LogP contribution in [0.4, 0.5) is 11.5 Å². The predicted octanol–water partition coefficient (Wildman–Crippen LogP) is 2.85. The van der Waals surface area contributed by atoms with Crippen molar-refractivity contribution in [1.82, 2.24) is 24.9 Å². The van der Waals surface area contributed by atoms with Gasteiger partial charge in [0.1, 0.15) is 12.2 Å². The second-order valence-corrected chi connectivity index (χ2v) is 9.11. The number of carbonyl (C=O) groups excluding carboxylic acids is 1. The Morgan fingerprint density at radius 1 is 1.06 bits per heavy atom. The average Bonchev–Trinajstić information content (AvgIpc) is 2.92. The van der Waals surface area contributed by atoms with Crippen molar-refractivity contribution in [2.24, 2.45) is 10.4 Å². The molecule has 5 heterocycles. The van der Waals surface area contributed by atoms with Crippen molar-refractivity contribution in [3.05, 3.63) is 47.9 Å². The van der Waals surface area contributed by atoms with E-state index in [1.807, 2.05) is 62.6 Å². The molecule has 0 aliphatic carbocycles. The van der Waals surface area contributed by atoms with E-state index in [4.69, 9.17) is 4.99 Å². The summed E-state index contributed by atoms with van der Waals surface area (Å²) in [6.07, 6.45) is 7.34. The van der Waals surface area contributed by atoms with Crippen molar-refractivity contribution in [2.45, 2.75) is 20.8 Å². The Morgan fingerprint density at radius 3 is 2.65 bits per heavy atom. The lowest BCUT2D eigenvalue weighted by Crippen LogP contribution is -2.56. The zero-order chi connectivity index (χ0) is 21.6. The van der Waals surface area contributed by atoms with Crippen LogP contribution >= 0.6 is 0 Å². The summed E-state index contributed by atoms with van der Waals surface area (Å²) in [5.41, 5.74) is 4.76. The largest absolute Gasteiger partial charge is 0.340 e. The number of nitrogens with one attached hydrogen (secondary N) is 1. The highest BCUT2D eigenvalue weighted by atomic mass is 16.2. The number of pyridine rings is 2. The van der Waals surface area contributed by atoms with Crippen molar-refractivity contribution >= 4 is 35.0 Å². The van der Waals surface area contributed by atoms with Crippen LogP contribution in [0.5, 0.6) is 0 Å². The number of hydrogen-bond acceptors (Lipinski definition) is 7. The Morgan fingerprint density at radius 2 is 1.87 bits per heavy atom. The molecule has 31 heavy (non-hydrogen) atoms. The number of carbonyl (C=O) groups is 1. The molecule has 0 unspecified atom stereocenters. The van der Waals surface area contributed by atoms with Crippen LogP contribution in [0.2, 0.25) is 0 Å². The second kappa shape index (κ2) is 7.46. The average molecular weight is 418 g/mol. The standard InChI is InChI=1S/C23H27N7O/c1-23(2,3)22(31)28-9-11-29(12-10-28)30-14-18-16-6-8-24-13-19(16)27-21-17(5-4-7-25-21)20(18)26-15-30/h4-8,13,15H,9-12,14H2,1-3H3,(H,25,27). The maximum absolute atomic E-state index is 12.6. The van der Waals surface area contributed by atoms with E-state index in [9.17, 15) is 4.79 Å². The normalized spacial score (nSPS) is 18.7. The van der Waals surface area contributed by atoms with Gasteiger partial charge >= 0.3 is 0 Å². The third kappa shape index (κ3) is 3.57. The summed E-state index contributed by atoms with van der Waals surface area (Å²) in [7, 11) is 0. The molecule has 0 radical (unpaired) electrons. The fourth-order valence-electron chi connectivity index (χ4n) is 4.31. The molecule has 1 N–H and O–H groups in total. The molecule has 0 aromatic carbocycles. The van der Waals surface area contributed by atoms with Crippen molar-refractivity contribution in [3.8, 4) is 0 Å². The van der Waals surface area contributed by atoms with Gasteiger partial charge in [0, 0.05) is 60.7 Å². The Labute approximate surface area is 182 Å². The van der Waals surface area contributed by atoms with Crippen molar-refractivity contribution < 1.29 is 4.79 Å². The van der Waals surface area contributed by atoms with Gasteiger partial charge in [-0.15, -0.1) is 0 Å². The molecular weight excluding hydrogens is 390 g/mol. The SMILES string of the molecule is CC(C)(C)C(=O)N1CCN(N2C=NC3=C(C2)c2ccncc2Nc2ncccc23)CC1. The first kappa shape index (κ1) is 19.7. The molecular formula is C23H27N7O. The van der Waals surface area contributed by atoms with Crippen molar-refractivity contribution in [2.75, 3.05) is 38.0 Å². The molecule has 0 spiro atoms. The Hall–Kier alpha value is -3.26. The molecule has 8 nitrogen and oxygen atoms in total. The minimum atomic E-state index is -0.346. The number of piperazine rings is 1. The molecule has 3 aliphatic heterocycles. The van der Waals surface area contributed by atoms with E-state index < -0.39 is 0 Å². The number of amides is 1. The minimum absolute atomic E-state index is 0.213. The summed E-state index contributed by atoms with van der Waals surface area (Å²) in [6.45, 7) is 9.66. The molecule has 3 aliphatic rings. The maximum Gasteiger partial charge on any atom is 0.228 e. The van der Waals surface area contributed by atoms with Gasteiger partial charge in [0.05, 0.1) is 24.1 Å². The van der Waals surface area contributed by atoms with Crippen LogP contribution in [-0.2, 0) is 4.79 Å². The van der Waals surface area contributed by atoms with Gasteiger partial charge in [0.2, 0.25) is 5.91 Å². The first-order chi connectivity index (χ1) is 14.9. The highest BCUT2D eigenvalue weighted by molar-refractivity contribution is 6.03. The highest BCUT2D eigenvalue weighted by Gasteiger charge is 2.32. The fourth-order valence-corrected chi connectivity index (χ4v) is 4.31. The summed E-state index contributed by atoms with van der Waals surface area (Å²) in [5, 5.41) is 7.87. The zero-order valence-corrected chi connectivity index (χ0v) is 18.2. The Kier molecular flexibility index (Phi) is 4.74. The summed E-state index contributed by atoms with van der Waals surface area (Å²) in [4.78, 5) is 28.3. The number of fused-ring (bicyclic) bond motifs is 4. The zero-order valence-electron chi connectivity index (χ0n) is 18.2. The summed E-state index contributed by atoms with van der Waals surface area (Å²) >= 11 is 0. The van der Waals surface area contributed by atoms with Gasteiger partial charge in [0.25, 0.3) is 0 Å². The molecule has 160 valence electrons. The third-order valence-electron chi connectivity index (χ3n) is 5.94. The number of nitrogens with zero attached hydrogens (tertiary/aromatic N) is 6. The third-order valence-corrected chi connectivity index (χ3v) is 5.94. The maximum atomic E-state index is 12.6. The lowest BCUT2D eigenvalue weighted by Gasteiger charge is -2.43. The van der Waals surface area contributed by atoms with Crippen molar-refractivity contribution in [1.29, 1.82) is 0 Å². The molecule has 1 amide bonds. The summed E-state index contributed by atoms with van der Waals surface area (Å²) in [6, 6.07) is 6.02. The lowest BCUT2D eigenvalue weighted by atomic mass is 9.94. The molecule has 5 rings (SSSR count). The summed E-state index contributed by atoms with van der Waals surface area (Å²) in [5.74, 6) is 1.01. The van der Waals surface area contributed by atoms with Crippen LogP contribution in [0.15, 0.2) is 41.8 Å². The van der Waals surface area contributed by atoms with Gasteiger partial charge in [-0.3, -0.25) is 14.8 Å². The van der Waals surface area contributed by atoms with Gasteiger partial charge in [-0.1, -0.05) is 20.8 Å². The molecule has 0 atom stereocenters. The smallest absolute Gasteiger partial charge is 0.228 e. The van der Waals surface area contributed by atoms with Crippen LogP contribution in [0.1, 0.15) is 31.9 Å². The first-order valence-electron chi connectivity index (χ1n) is 10.7. The Balaban J connectivity index is 1.40. The summed E-state index contributed by atoms with van der Waals surface area (Å²) < 4.78 is 0. The molecule has 2 aromatic heterocycles. The molecule has 0 bridgehead atoms. The molecule has 8 heteroatoms. The lowest BCUT2D eigenvalue weighted by molar-refractivity contribution is -0.143. The van der Waals surface area contributed by atoms with E-state index in [1.165, 1.54) is 0 Å². The monoisotopic (exact) mass is 417 g/mol. The number of hydrazine groups is 1. The van der Waals surface area contributed by atoms with E-state index in [0.717, 1.165) is 60.1 Å². The van der Waals surface area contributed by atoms with Gasteiger partial charge in [-0.2, -0.15) is 0 Å².